The van der Waals surface area contributed by atoms with Crippen LogP contribution in [0.1, 0.15) is 11.1 Å². The fourth-order valence-corrected chi connectivity index (χ4v) is 1.80. The second kappa shape index (κ2) is 4.97. The first kappa shape index (κ1) is 12.9. The summed E-state index contributed by atoms with van der Waals surface area (Å²) in [6.45, 7) is 4.05. The predicted molar refractivity (Wildman–Crippen MR) is 76.7 cm³/mol. The van der Waals surface area contributed by atoms with Gasteiger partial charge in [0.15, 0.2) is 0 Å². The molecule has 3 N–H and O–H groups in total. The molecule has 0 spiro atoms. The Kier molecular flexibility index (Phi) is 3.37. The average molecular weight is 257 g/mol. The van der Waals surface area contributed by atoms with E-state index in [-0.39, 0.29) is 5.69 Å². The standard InChI is InChI=1S/C14H15N3O2/c1-9-3-4-12(5-10(9)2)16-13-6-11(15)7-14(8-13)17(18)19/h3-8,16H,15H2,1-2H3. The first-order valence-corrected chi connectivity index (χ1v) is 5.85. The van der Waals surface area contributed by atoms with Gasteiger partial charge in [-0.1, -0.05) is 6.07 Å². The van der Waals surface area contributed by atoms with Crippen molar-refractivity contribution in [2.24, 2.45) is 0 Å². The van der Waals surface area contributed by atoms with E-state index in [0.717, 1.165) is 11.3 Å². The topological polar surface area (TPSA) is 81.2 Å². The number of hydrogen-bond acceptors (Lipinski definition) is 4. The Hall–Kier alpha value is -2.56. The van der Waals surface area contributed by atoms with Crippen molar-refractivity contribution < 1.29 is 4.92 Å². The molecular formula is C14H15N3O2. The smallest absolute Gasteiger partial charge is 0.273 e. The van der Waals surface area contributed by atoms with Crippen LogP contribution in [0.15, 0.2) is 36.4 Å². The van der Waals surface area contributed by atoms with Gasteiger partial charge >= 0.3 is 0 Å². The Labute approximate surface area is 111 Å². The van der Waals surface area contributed by atoms with Gasteiger partial charge in [-0.2, -0.15) is 0 Å². The first-order chi connectivity index (χ1) is 8.95. The van der Waals surface area contributed by atoms with Crippen molar-refractivity contribution in [1.29, 1.82) is 0 Å². The van der Waals surface area contributed by atoms with E-state index in [0.29, 0.717) is 11.4 Å². The van der Waals surface area contributed by atoms with Gasteiger partial charge in [0.25, 0.3) is 5.69 Å². The Balaban J connectivity index is 2.32. The van der Waals surface area contributed by atoms with Crippen LogP contribution in [-0.2, 0) is 0 Å². The quantitative estimate of drug-likeness (QED) is 0.500. The highest BCUT2D eigenvalue weighted by Crippen LogP contribution is 2.26. The van der Waals surface area contributed by atoms with Crippen LogP contribution < -0.4 is 11.1 Å². The number of hydrogen-bond donors (Lipinski definition) is 2. The highest BCUT2D eigenvalue weighted by Gasteiger charge is 2.08. The maximum Gasteiger partial charge on any atom is 0.273 e. The van der Waals surface area contributed by atoms with E-state index in [2.05, 4.69) is 5.32 Å². The fraction of sp³-hybridized carbons (Fsp3) is 0.143. The van der Waals surface area contributed by atoms with Crippen molar-refractivity contribution in [2.75, 3.05) is 11.1 Å². The van der Waals surface area contributed by atoms with Gasteiger partial charge in [0.05, 0.1) is 4.92 Å². The monoisotopic (exact) mass is 257 g/mol. The Bertz CT molecular complexity index is 639. The van der Waals surface area contributed by atoms with E-state index in [4.69, 9.17) is 5.73 Å². The van der Waals surface area contributed by atoms with E-state index < -0.39 is 4.92 Å². The van der Waals surface area contributed by atoms with Gasteiger partial charge in [-0.3, -0.25) is 10.1 Å². The molecule has 0 aromatic heterocycles. The third-order valence-electron chi connectivity index (χ3n) is 2.95. The molecule has 2 rings (SSSR count). The molecule has 2 aromatic carbocycles. The number of non-ortho nitro benzene ring substituents is 1. The molecule has 98 valence electrons. The van der Waals surface area contributed by atoms with Gasteiger partial charge < -0.3 is 11.1 Å². The van der Waals surface area contributed by atoms with Crippen LogP contribution in [-0.4, -0.2) is 4.92 Å². The second-order valence-electron chi connectivity index (χ2n) is 4.49. The summed E-state index contributed by atoms with van der Waals surface area (Å²) < 4.78 is 0. The molecule has 0 heterocycles. The van der Waals surface area contributed by atoms with Crippen molar-refractivity contribution in [3.63, 3.8) is 0 Å². The molecule has 5 heteroatoms. The maximum atomic E-state index is 10.8. The zero-order valence-corrected chi connectivity index (χ0v) is 10.8. The van der Waals surface area contributed by atoms with Gasteiger partial charge in [0.2, 0.25) is 0 Å². The zero-order chi connectivity index (χ0) is 14.0. The molecule has 0 fully saturated rings. The Morgan fingerprint density at radius 1 is 1.05 bits per heavy atom. The molecular weight excluding hydrogens is 242 g/mol. The van der Waals surface area contributed by atoms with Crippen LogP contribution in [0.2, 0.25) is 0 Å². The van der Waals surface area contributed by atoms with E-state index in [1.54, 1.807) is 6.07 Å². The summed E-state index contributed by atoms with van der Waals surface area (Å²) in [6, 6.07) is 10.4. The minimum absolute atomic E-state index is 0.0219. The van der Waals surface area contributed by atoms with Crippen LogP contribution >= 0.6 is 0 Å². The zero-order valence-electron chi connectivity index (χ0n) is 10.8. The van der Waals surface area contributed by atoms with E-state index >= 15 is 0 Å². The number of aryl methyl sites for hydroxylation is 2. The van der Waals surface area contributed by atoms with Gasteiger partial charge in [-0.15, -0.1) is 0 Å². The normalized spacial score (nSPS) is 10.2. The number of rotatable bonds is 3. The highest BCUT2D eigenvalue weighted by molar-refractivity contribution is 5.68. The van der Waals surface area contributed by atoms with Crippen molar-refractivity contribution in [1.82, 2.24) is 0 Å². The fourth-order valence-electron chi connectivity index (χ4n) is 1.80. The molecule has 0 saturated heterocycles. The average Bonchev–Trinajstić information content (AvgIpc) is 2.33. The number of nitrogens with zero attached hydrogens (tertiary/aromatic N) is 1. The number of benzene rings is 2. The summed E-state index contributed by atoms with van der Waals surface area (Å²) in [5.74, 6) is 0. The molecule has 0 bridgehead atoms. The van der Waals surface area contributed by atoms with Crippen LogP contribution in [0.5, 0.6) is 0 Å². The first-order valence-electron chi connectivity index (χ1n) is 5.85. The van der Waals surface area contributed by atoms with Gasteiger partial charge in [-0.25, -0.2) is 0 Å². The highest BCUT2D eigenvalue weighted by atomic mass is 16.6. The molecule has 0 aliphatic heterocycles. The minimum atomic E-state index is -0.456. The summed E-state index contributed by atoms with van der Waals surface area (Å²) in [6.07, 6.45) is 0. The van der Waals surface area contributed by atoms with Crippen LogP contribution in [0.3, 0.4) is 0 Å². The lowest BCUT2D eigenvalue weighted by Gasteiger charge is -2.09. The molecule has 2 aromatic rings. The molecule has 0 aliphatic carbocycles. The van der Waals surface area contributed by atoms with E-state index in [9.17, 15) is 10.1 Å². The number of anilines is 3. The number of nitro benzene ring substituents is 1. The third-order valence-corrected chi connectivity index (χ3v) is 2.95. The van der Waals surface area contributed by atoms with Crippen molar-refractivity contribution in [2.45, 2.75) is 13.8 Å². The summed E-state index contributed by atoms with van der Waals surface area (Å²) in [4.78, 5) is 10.3. The van der Waals surface area contributed by atoms with Crippen LogP contribution in [0, 0.1) is 24.0 Å². The SMILES string of the molecule is Cc1ccc(Nc2cc(N)cc([N+](=O)[O-])c2)cc1C. The largest absolute Gasteiger partial charge is 0.398 e. The Morgan fingerprint density at radius 2 is 1.79 bits per heavy atom. The van der Waals surface area contributed by atoms with Crippen molar-refractivity contribution >= 4 is 22.7 Å². The lowest BCUT2D eigenvalue weighted by molar-refractivity contribution is -0.384. The molecule has 0 atom stereocenters. The second-order valence-corrected chi connectivity index (χ2v) is 4.49. The molecule has 0 saturated carbocycles. The summed E-state index contributed by atoms with van der Waals surface area (Å²) in [5, 5.41) is 13.9. The lowest BCUT2D eigenvalue weighted by atomic mass is 10.1. The van der Waals surface area contributed by atoms with Crippen LogP contribution in [0.25, 0.3) is 0 Å². The maximum absolute atomic E-state index is 10.8. The lowest BCUT2D eigenvalue weighted by Crippen LogP contribution is -1.96. The van der Waals surface area contributed by atoms with Gasteiger partial charge in [0, 0.05) is 29.2 Å². The van der Waals surface area contributed by atoms with Crippen molar-refractivity contribution in [3.8, 4) is 0 Å². The predicted octanol–water partition coefficient (Wildman–Crippen LogP) is 3.54. The summed E-state index contributed by atoms with van der Waals surface area (Å²) in [7, 11) is 0. The number of nitro groups is 1. The molecule has 0 radical (unpaired) electrons. The van der Waals surface area contributed by atoms with Crippen LogP contribution in [0.4, 0.5) is 22.7 Å². The van der Waals surface area contributed by atoms with Gasteiger partial charge in [0.1, 0.15) is 0 Å². The molecule has 19 heavy (non-hydrogen) atoms. The molecule has 0 unspecified atom stereocenters. The number of nitrogen functional groups attached to an aromatic ring is 1. The summed E-state index contributed by atoms with van der Waals surface area (Å²) in [5.41, 5.74) is 9.84. The number of nitrogens with two attached hydrogens (primary N) is 1. The number of nitrogens with one attached hydrogen (secondary N) is 1. The van der Waals surface area contributed by atoms with Gasteiger partial charge in [-0.05, 0) is 43.2 Å². The third kappa shape index (κ3) is 3.01. The van der Waals surface area contributed by atoms with Crippen molar-refractivity contribution in [3.05, 3.63) is 57.6 Å². The summed E-state index contributed by atoms with van der Waals surface area (Å²) >= 11 is 0. The van der Waals surface area contributed by atoms with E-state index in [1.165, 1.54) is 17.7 Å². The van der Waals surface area contributed by atoms with E-state index in [1.807, 2.05) is 32.0 Å². The molecule has 5 nitrogen and oxygen atoms in total. The molecule has 0 aliphatic rings. The Morgan fingerprint density at radius 3 is 2.42 bits per heavy atom. The molecule has 0 amide bonds. The minimum Gasteiger partial charge on any atom is -0.398 e.